The number of amides is 1. The first-order valence-corrected chi connectivity index (χ1v) is 9.99. The smallest absolute Gasteiger partial charge is 0.407 e. The van der Waals surface area contributed by atoms with E-state index < -0.39 is 0 Å². The van der Waals surface area contributed by atoms with Gasteiger partial charge in [-0.05, 0) is 56.7 Å². The number of piperidine rings is 1. The average molecular weight is 344 g/mol. The number of nitrogens with one attached hydrogen (secondary N) is 1. The normalized spacial score (nSPS) is 20.3. The van der Waals surface area contributed by atoms with Gasteiger partial charge in [-0.3, -0.25) is 4.90 Å². The molecule has 1 aliphatic heterocycles. The summed E-state index contributed by atoms with van der Waals surface area (Å²) in [4.78, 5) is 14.4. The lowest BCUT2D eigenvalue weighted by atomic mass is 9.93. The SMILES string of the molecule is O=C(NC1CCCCC1)OCCC1CCN(Cc2ccccc2)CC1. The van der Waals surface area contributed by atoms with Crippen LogP contribution in [0.1, 0.15) is 56.9 Å². The number of rotatable bonds is 6. The van der Waals surface area contributed by atoms with Crippen LogP contribution in [0.4, 0.5) is 4.79 Å². The molecule has 2 fully saturated rings. The molecule has 1 aliphatic carbocycles. The predicted octanol–water partition coefficient (Wildman–Crippen LogP) is 4.35. The highest BCUT2D eigenvalue weighted by Gasteiger charge is 2.20. The molecule has 0 aromatic heterocycles. The fraction of sp³-hybridized carbons (Fsp3) is 0.667. The molecule has 1 aromatic rings. The molecule has 1 aromatic carbocycles. The van der Waals surface area contributed by atoms with Crippen LogP contribution in [0, 0.1) is 5.92 Å². The van der Waals surface area contributed by atoms with Gasteiger partial charge in [0.2, 0.25) is 0 Å². The van der Waals surface area contributed by atoms with Crippen molar-refractivity contribution in [2.75, 3.05) is 19.7 Å². The van der Waals surface area contributed by atoms with Crippen LogP contribution < -0.4 is 5.32 Å². The van der Waals surface area contributed by atoms with E-state index in [1.54, 1.807) is 0 Å². The number of benzene rings is 1. The van der Waals surface area contributed by atoms with Crippen molar-refractivity contribution >= 4 is 6.09 Å². The molecule has 4 heteroatoms. The van der Waals surface area contributed by atoms with E-state index in [0.29, 0.717) is 18.6 Å². The Morgan fingerprint density at radius 1 is 1.04 bits per heavy atom. The first-order chi connectivity index (χ1) is 12.3. The van der Waals surface area contributed by atoms with Crippen molar-refractivity contribution in [3.63, 3.8) is 0 Å². The summed E-state index contributed by atoms with van der Waals surface area (Å²) < 4.78 is 5.41. The molecule has 4 nitrogen and oxygen atoms in total. The van der Waals surface area contributed by atoms with Gasteiger partial charge in [-0.15, -0.1) is 0 Å². The highest BCUT2D eigenvalue weighted by molar-refractivity contribution is 5.67. The largest absolute Gasteiger partial charge is 0.450 e. The summed E-state index contributed by atoms with van der Waals surface area (Å²) >= 11 is 0. The summed E-state index contributed by atoms with van der Waals surface area (Å²) in [7, 11) is 0. The van der Waals surface area contributed by atoms with Gasteiger partial charge in [-0.1, -0.05) is 49.6 Å². The number of hydrogen-bond donors (Lipinski definition) is 1. The van der Waals surface area contributed by atoms with Gasteiger partial charge in [0.05, 0.1) is 6.61 Å². The number of carbonyl (C=O) groups excluding carboxylic acids is 1. The molecule has 138 valence electrons. The van der Waals surface area contributed by atoms with Crippen LogP contribution >= 0.6 is 0 Å². The average Bonchev–Trinajstić information content (AvgIpc) is 2.65. The number of carbonyl (C=O) groups is 1. The molecule has 0 unspecified atom stereocenters. The fourth-order valence-corrected chi connectivity index (χ4v) is 4.05. The molecule has 0 bridgehead atoms. The van der Waals surface area contributed by atoms with E-state index >= 15 is 0 Å². The zero-order valence-corrected chi connectivity index (χ0v) is 15.3. The highest BCUT2D eigenvalue weighted by Crippen LogP contribution is 2.22. The highest BCUT2D eigenvalue weighted by atomic mass is 16.5. The zero-order valence-electron chi connectivity index (χ0n) is 15.3. The molecule has 0 atom stereocenters. The third kappa shape index (κ3) is 6.35. The zero-order chi connectivity index (χ0) is 17.3. The van der Waals surface area contributed by atoms with Gasteiger partial charge in [-0.25, -0.2) is 4.79 Å². The first kappa shape index (κ1) is 18.2. The summed E-state index contributed by atoms with van der Waals surface area (Å²) in [5.41, 5.74) is 1.39. The number of hydrogen-bond acceptors (Lipinski definition) is 3. The molecule has 3 rings (SSSR count). The van der Waals surface area contributed by atoms with Gasteiger partial charge < -0.3 is 10.1 Å². The Hall–Kier alpha value is -1.55. The summed E-state index contributed by atoms with van der Waals surface area (Å²) in [6, 6.07) is 11.0. The van der Waals surface area contributed by atoms with E-state index in [1.807, 2.05) is 0 Å². The minimum Gasteiger partial charge on any atom is -0.450 e. The van der Waals surface area contributed by atoms with E-state index in [4.69, 9.17) is 4.74 Å². The van der Waals surface area contributed by atoms with E-state index in [9.17, 15) is 4.79 Å². The summed E-state index contributed by atoms with van der Waals surface area (Å²) in [5.74, 6) is 0.689. The maximum absolute atomic E-state index is 11.9. The van der Waals surface area contributed by atoms with Crippen molar-refractivity contribution < 1.29 is 9.53 Å². The van der Waals surface area contributed by atoms with Gasteiger partial charge in [0, 0.05) is 12.6 Å². The van der Waals surface area contributed by atoms with Gasteiger partial charge in [-0.2, -0.15) is 0 Å². The molecule has 1 N–H and O–H groups in total. The molecule has 0 spiro atoms. The van der Waals surface area contributed by atoms with Crippen molar-refractivity contribution in [2.24, 2.45) is 5.92 Å². The quantitative estimate of drug-likeness (QED) is 0.834. The van der Waals surface area contributed by atoms with Crippen LogP contribution in [-0.2, 0) is 11.3 Å². The lowest BCUT2D eigenvalue weighted by molar-refractivity contribution is 0.117. The Labute approximate surface area is 151 Å². The second-order valence-electron chi connectivity index (χ2n) is 7.61. The molecule has 25 heavy (non-hydrogen) atoms. The van der Waals surface area contributed by atoms with Crippen LogP contribution in [0.25, 0.3) is 0 Å². The number of nitrogens with zero attached hydrogens (tertiary/aromatic N) is 1. The minimum atomic E-state index is -0.214. The van der Waals surface area contributed by atoms with Crippen molar-refractivity contribution in [3.05, 3.63) is 35.9 Å². The van der Waals surface area contributed by atoms with E-state index in [1.165, 1.54) is 37.7 Å². The Balaban J connectivity index is 1.27. The Morgan fingerprint density at radius 3 is 2.48 bits per heavy atom. The van der Waals surface area contributed by atoms with E-state index in [2.05, 4.69) is 40.5 Å². The van der Waals surface area contributed by atoms with Crippen LogP contribution in [0.2, 0.25) is 0 Å². The first-order valence-electron chi connectivity index (χ1n) is 9.99. The van der Waals surface area contributed by atoms with E-state index in [0.717, 1.165) is 38.9 Å². The number of likely N-dealkylation sites (tertiary alicyclic amines) is 1. The molecular weight excluding hydrogens is 312 g/mol. The van der Waals surface area contributed by atoms with Gasteiger partial charge in [0.15, 0.2) is 0 Å². The second-order valence-corrected chi connectivity index (χ2v) is 7.61. The van der Waals surface area contributed by atoms with Crippen molar-refractivity contribution in [1.29, 1.82) is 0 Å². The standard InChI is InChI=1S/C21H32N2O2/c24-21(22-20-9-5-2-6-10-20)25-16-13-18-11-14-23(15-12-18)17-19-7-3-1-4-8-19/h1,3-4,7-8,18,20H,2,5-6,9-17H2,(H,22,24). The minimum absolute atomic E-state index is 0.214. The molecule has 0 radical (unpaired) electrons. The van der Waals surface area contributed by atoms with Gasteiger partial charge >= 0.3 is 6.09 Å². The van der Waals surface area contributed by atoms with Gasteiger partial charge in [0.1, 0.15) is 0 Å². The van der Waals surface area contributed by atoms with Crippen molar-refractivity contribution in [1.82, 2.24) is 10.2 Å². The molecule has 1 saturated carbocycles. The third-order valence-corrected chi connectivity index (χ3v) is 5.64. The lowest BCUT2D eigenvalue weighted by Crippen LogP contribution is -2.37. The molecule has 1 saturated heterocycles. The molecule has 2 aliphatic rings. The predicted molar refractivity (Wildman–Crippen MR) is 100 cm³/mol. The molecule has 1 amide bonds. The number of ether oxygens (including phenoxy) is 1. The maximum Gasteiger partial charge on any atom is 0.407 e. The van der Waals surface area contributed by atoms with Crippen LogP contribution in [0.5, 0.6) is 0 Å². The topological polar surface area (TPSA) is 41.6 Å². The Bertz CT molecular complexity index is 506. The molecule has 1 heterocycles. The Morgan fingerprint density at radius 2 is 1.76 bits per heavy atom. The monoisotopic (exact) mass is 344 g/mol. The maximum atomic E-state index is 11.9. The summed E-state index contributed by atoms with van der Waals surface area (Å²) in [6.45, 7) is 3.90. The third-order valence-electron chi connectivity index (χ3n) is 5.64. The van der Waals surface area contributed by atoms with Crippen molar-refractivity contribution in [2.45, 2.75) is 64.0 Å². The van der Waals surface area contributed by atoms with Crippen LogP contribution in [-0.4, -0.2) is 36.7 Å². The molecular formula is C21H32N2O2. The second kappa shape index (κ2) is 9.81. The lowest BCUT2D eigenvalue weighted by Gasteiger charge is -2.32. The Kier molecular flexibility index (Phi) is 7.16. The van der Waals surface area contributed by atoms with Crippen LogP contribution in [0.3, 0.4) is 0 Å². The van der Waals surface area contributed by atoms with Crippen LogP contribution in [0.15, 0.2) is 30.3 Å². The summed E-state index contributed by atoms with van der Waals surface area (Å²) in [6.07, 6.45) is 9.17. The number of alkyl carbamates (subject to hydrolysis) is 1. The van der Waals surface area contributed by atoms with Crippen molar-refractivity contribution in [3.8, 4) is 0 Å². The summed E-state index contributed by atoms with van der Waals surface area (Å²) in [5, 5.41) is 3.02. The van der Waals surface area contributed by atoms with E-state index in [-0.39, 0.29) is 6.09 Å². The fourth-order valence-electron chi connectivity index (χ4n) is 4.05. The van der Waals surface area contributed by atoms with Gasteiger partial charge in [0.25, 0.3) is 0 Å².